The third-order valence-corrected chi connectivity index (χ3v) is 5.42. The van der Waals surface area contributed by atoms with Gasteiger partial charge in [-0.3, -0.25) is 0 Å². The quantitative estimate of drug-likeness (QED) is 0.774. The van der Waals surface area contributed by atoms with Gasteiger partial charge in [-0.2, -0.15) is 0 Å². The zero-order chi connectivity index (χ0) is 14.4. The van der Waals surface area contributed by atoms with E-state index >= 15 is 0 Å². The number of thiophene rings is 1. The summed E-state index contributed by atoms with van der Waals surface area (Å²) in [7, 11) is 1.93. The molecule has 108 valence electrons. The first-order valence-electron chi connectivity index (χ1n) is 7.22. The van der Waals surface area contributed by atoms with Crippen LogP contribution in [0.3, 0.4) is 0 Å². The van der Waals surface area contributed by atoms with Gasteiger partial charge < -0.3 is 9.73 Å². The summed E-state index contributed by atoms with van der Waals surface area (Å²) in [5, 5.41) is 4.14. The van der Waals surface area contributed by atoms with Crippen molar-refractivity contribution in [3.05, 3.63) is 57.2 Å². The molecule has 1 N–H and O–H groups in total. The molecular formula is C17H16FNOS. The Morgan fingerprint density at radius 1 is 1.24 bits per heavy atom. The van der Waals surface area contributed by atoms with Crippen LogP contribution in [0.5, 0.6) is 0 Å². The van der Waals surface area contributed by atoms with Crippen molar-refractivity contribution in [1.29, 1.82) is 0 Å². The highest BCUT2D eigenvalue weighted by atomic mass is 32.1. The van der Waals surface area contributed by atoms with Crippen LogP contribution in [0.2, 0.25) is 0 Å². The highest BCUT2D eigenvalue weighted by Crippen LogP contribution is 2.37. The average Bonchev–Trinajstić information content (AvgIpc) is 3.12. The molecule has 2 nitrogen and oxygen atoms in total. The van der Waals surface area contributed by atoms with Gasteiger partial charge in [0.25, 0.3) is 0 Å². The van der Waals surface area contributed by atoms with E-state index < -0.39 is 0 Å². The van der Waals surface area contributed by atoms with Crippen molar-refractivity contribution in [3.8, 4) is 0 Å². The molecule has 1 aromatic carbocycles. The Morgan fingerprint density at radius 2 is 2.14 bits per heavy atom. The first-order chi connectivity index (χ1) is 10.2. The second-order valence-corrected chi connectivity index (χ2v) is 6.67. The van der Waals surface area contributed by atoms with Crippen molar-refractivity contribution in [3.63, 3.8) is 0 Å². The summed E-state index contributed by atoms with van der Waals surface area (Å²) in [5.41, 5.74) is 2.22. The summed E-state index contributed by atoms with van der Waals surface area (Å²) < 4.78 is 19.2. The monoisotopic (exact) mass is 301 g/mol. The van der Waals surface area contributed by atoms with E-state index in [9.17, 15) is 4.39 Å². The van der Waals surface area contributed by atoms with E-state index in [0.29, 0.717) is 0 Å². The van der Waals surface area contributed by atoms with Crippen molar-refractivity contribution in [2.75, 3.05) is 7.05 Å². The molecule has 0 saturated carbocycles. The topological polar surface area (TPSA) is 25.2 Å². The largest absolute Gasteiger partial charge is 0.459 e. The molecule has 0 aliphatic heterocycles. The number of hydrogen-bond donors (Lipinski definition) is 1. The minimum absolute atomic E-state index is 0.0380. The standard InChI is InChI=1S/C17H16FNOS/c1-19-17(16-9-10-3-2-4-15(10)21-16)14-8-11-7-12(18)5-6-13(11)20-14/h5-9,17,19H,2-4H2,1H3. The molecule has 0 radical (unpaired) electrons. The van der Waals surface area contributed by atoms with Crippen LogP contribution in [-0.2, 0) is 12.8 Å². The number of nitrogens with one attached hydrogen (secondary N) is 1. The molecule has 0 fully saturated rings. The zero-order valence-corrected chi connectivity index (χ0v) is 12.6. The van der Waals surface area contributed by atoms with Crippen LogP contribution in [0.1, 0.15) is 33.5 Å². The summed E-state index contributed by atoms with van der Waals surface area (Å²) in [4.78, 5) is 2.79. The highest BCUT2D eigenvalue weighted by molar-refractivity contribution is 7.12. The first-order valence-corrected chi connectivity index (χ1v) is 8.04. The number of halogens is 1. The number of benzene rings is 1. The van der Waals surface area contributed by atoms with Crippen molar-refractivity contribution >= 4 is 22.3 Å². The smallest absolute Gasteiger partial charge is 0.134 e. The lowest BCUT2D eigenvalue weighted by Gasteiger charge is -2.11. The fourth-order valence-corrected chi connectivity index (χ4v) is 4.47. The van der Waals surface area contributed by atoms with Crippen LogP contribution in [0.4, 0.5) is 4.39 Å². The second-order valence-electron chi connectivity index (χ2n) is 5.50. The molecule has 0 saturated heterocycles. The zero-order valence-electron chi connectivity index (χ0n) is 11.8. The molecule has 0 amide bonds. The second kappa shape index (κ2) is 4.97. The van der Waals surface area contributed by atoms with Crippen molar-refractivity contribution in [1.82, 2.24) is 5.32 Å². The molecule has 2 aromatic heterocycles. The fourth-order valence-electron chi connectivity index (χ4n) is 3.10. The normalized spacial score (nSPS) is 15.5. The Kier molecular flexibility index (Phi) is 3.08. The van der Waals surface area contributed by atoms with Gasteiger partial charge in [0.1, 0.15) is 23.2 Å². The molecule has 3 aromatic rings. The van der Waals surface area contributed by atoms with E-state index in [0.717, 1.165) is 16.7 Å². The van der Waals surface area contributed by atoms with Gasteiger partial charge in [0, 0.05) is 15.1 Å². The summed E-state index contributed by atoms with van der Waals surface area (Å²) >= 11 is 1.87. The molecule has 2 heterocycles. The van der Waals surface area contributed by atoms with E-state index in [1.165, 1.54) is 46.7 Å². The molecule has 1 unspecified atom stereocenters. The van der Waals surface area contributed by atoms with Crippen LogP contribution >= 0.6 is 11.3 Å². The van der Waals surface area contributed by atoms with Gasteiger partial charge in [-0.1, -0.05) is 0 Å². The number of fused-ring (bicyclic) bond motifs is 2. The van der Waals surface area contributed by atoms with Gasteiger partial charge >= 0.3 is 0 Å². The van der Waals surface area contributed by atoms with Gasteiger partial charge in [-0.15, -0.1) is 11.3 Å². The molecular weight excluding hydrogens is 285 g/mol. The minimum atomic E-state index is -0.231. The van der Waals surface area contributed by atoms with Crippen molar-refractivity contribution < 1.29 is 8.81 Å². The molecule has 0 bridgehead atoms. The van der Waals surface area contributed by atoms with Gasteiger partial charge in [-0.05, 0) is 62.2 Å². The predicted octanol–water partition coefficient (Wildman–Crippen LogP) is 4.43. The van der Waals surface area contributed by atoms with Gasteiger partial charge in [-0.25, -0.2) is 4.39 Å². The van der Waals surface area contributed by atoms with Crippen LogP contribution < -0.4 is 5.32 Å². The Hall–Kier alpha value is -1.65. The van der Waals surface area contributed by atoms with Crippen LogP contribution in [0, 0.1) is 5.82 Å². The molecule has 1 atom stereocenters. The van der Waals surface area contributed by atoms with E-state index in [4.69, 9.17) is 4.42 Å². The number of aryl methyl sites for hydroxylation is 2. The Labute approximate surface area is 126 Å². The molecule has 21 heavy (non-hydrogen) atoms. The van der Waals surface area contributed by atoms with Gasteiger partial charge in [0.05, 0.1) is 0 Å². The predicted molar refractivity (Wildman–Crippen MR) is 83.4 cm³/mol. The van der Waals surface area contributed by atoms with Gasteiger partial charge in [0.2, 0.25) is 0 Å². The van der Waals surface area contributed by atoms with Crippen molar-refractivity contribution in [2.24, 2.45) is 0 Å². The van der Waals surface area contributed by atoms with E-state index in [1.54, 1.807) is 6.07 Å². The van der Waals surface area contributed by atoms with E-state index in [1.807, 2.05) is 24.5 Å². The molecule has 4 rings (SSSR count). The third-order valence-electron chi connectivity index (χ3n) is 4.12. The maximum absolute atomic E-state index is 13.3. The Balaban J connectivity index is 1.76. The van der Waals surface area contributed by atoms with Crippen LogP contribution in [0.15, 0.2) is 34.7 Å². The molecule has 4 heteroatoms. The van der Waals surface area contributed by atoms with E-state index in [-0.39, 0.29) is 11.9 Å². The lowest BCUT2D eigenvalue weighted by Crippen LogP contribution is -2.15. The lowest BCUT2D eigenvalue weighted by molar-refractivity contribution is 0.495. The summed E-state index contributed by atoms with van der Waals surface area (Å²) in [5.74, 6) is 0.615. The summed E-state index contributed by atoms with van der Waals surface area (Å²) in [6.45, 7) is 0. The lowest BCUT2D eigenvalue weighted by atomic mass is 10.1. The van der Waals surface area contributed by atoms with E-state index in [2.05, 4.69) is 11.4 Å². The number of rotatable bonds is 3. The van der Waals surface area contributed by atoms with Gasteiger partial charge in [0.15, 0.2) is 0 Å². The molecule has 1 aliphatic rings. The summed E-state index contributed by atoms with van der Waals surface area (Å²) in [6, 6.07) is 8.91. The molecule has 0 spiro atoms. The maximum Gasteiger partial charge on any atom is 0.134 e. The van der Waals surface area contributed by atoms with Crippen LogP contribution in [0.25, 0.3) is 11.0 Å². The Morgan fingerprint density at radius 3 is 2.95 bits per heavy atom. The first kappa shape index (κ1) is 13.0. The highest BCUT2D eigenvalue weighted by Gasteiger charge is 2.23. The van der Waals surface area contributed by atoms with Crippen LogP contribution in [-0.4, -0.2) is 7.05 Å². The van der Waals surface area contributed by atoms with Crippen molar-refractivity contribution in [2.45, 2.75) is 25.3 Å². The number of furan rings is 1. The molecule has 1 aliphatic carbocycles. The minimum Gasteiger partial charge on any atom is -0.459 e. The summed E-state index contributed by atoms with van der Waals surface area (Å²) in [6.07, 6.45) is 3.66. The Bertz CT molecular complexity index is 783. The fraction of sp³-hybridized carbons (Fsp3) is 0.294. The SMILES string of the molecule is CNC(c1cc2cc(F)ccc2o1)c1cc2c(s1)CCC2. The average molecular weight is 301 g/mol. The maximum atomic E-state index is 13.3. The third kappa shape index (κ3) is 2.19. The number of hydrogen-bond acceptors (Lipinski definition) is 3.